The van der Waals surface area contributed by atoms with E-state index in [1.165, 1.54) is 5.56 Å². The third kappa shape index (κ3) is 3.47. The Bertz CT molecular complexity index is 381. The highest BCUT2D eigenvalue weighted by Crippen LogP contribution is 2.15. The second kappa shape index (κ2) is 6.40. The van der Waals surface area contributed by atoms with Gasteiger partial charge in [-0.25, -0.2) is 4.79 Å². The molecule has 1 saturated heterocycles. The van der Waals surface area contributed by atoms with E-state index in [1.54, 1.807) is 4.90 Å². The predicted octanol–water partition coefficient (Wildman–Crippen LogP) is 1.79. The summed E-state index contributed by atoms with van der Waals surface area (Å²) in [6, 6.07) is 10.2. The van der Waals surface area contributed by atoms with Crippen molar-refractivity contribution in [3.05, 3.63) is 35.9 Å². The molecule has 98 valence electrons. The normalized spacial score (nSPS) is 19.7. The van der Waals surface area contributed by atoms with E-state index in [0.29, 0.717) is 6.54 Å². The number of rotatable bonds is 5. The van der Waals surface area contributed by atoms with Crippen LogP contribution in [0.5, 0.6) is 0 Å². The summed E-state index contributed by atoms with van der Waals surface area (Å²) in [6.45, 7) is 2.07. The quantitative estimate of drug-likeness (QED) is 0.864. The molecule has 0 spiro atoms. The molecule has 0 bridgehead atoms. The molecule has 0 radical (unpaired) electrons. The minimum absolute atomic E-state index is 0.00970. The zero-order valence-electron chi connectivity index (χ0n) is 10.5. The molecule has 2 N–H and O–H groups in total. The van der Waals surface area contributed by atoms with Gasteiger partial charge in [0.25, 0.3) is 0 Å². The van der Waals surface area contributed by atoms with Gasteiger partial charge in [0.1, 0.15) is 6.10 Å². The lowest BCUT2D eigenvalue weighted by atomic mass is 10.1. The highest BCUT2D eigenvalue weighted by Gasteiger charge is 2.25. The van der Waals surface area contributed by atoms with Crippen LogP contribution < -0.4 is 5.73 Å². The predicted molar refractivity (Wildman–Crippen MR) is 70.3 cm³/mol. The Labute approximate surface area is 108 Å². The smallest absolute Gasteiger partial charge is 0.410 e. The van der Waals surface area contributed by atoms with Crippen molar-refractivity contribution in [2.24, 2.45) is 5.73 Å². The van der Waals surface area contributed by atoms with Crippen molar-refractivity contribution >= 4 is 6.09 Å². The van der Waals surface area contributed by atoms with Gasteiger partial charge >= 0.3 is 6.09 Å². The Morgan fingerprint density at radius 1 is 1.33 bits per heavy atom. The number of hydrogen-bond acceptors (Lipinski definition) is 3. The number of amides is 1. The number of ether oxygens (including phenoxy) is 1. The highest BCUT2D eigenvalue weighted by molar-refractivity contribution is 5.68. The van der Waals surface area contributed by atoms with Crippen LogP contribution in [-0.4, -0.2) is 36.7 Å². The Kier molecular flexibility index (Phi) is 4.59. The fourth-order valence-corrected chi connectivity index (χ4v) is 2.17. The van der Waals surface area contributed by atoms with E-state index >= 15 is 0 Å². The van der Waals surface area contributed by atoms with Crippen LogP contribution in [0.25, 0.3) is 0 Å². The van der Waals surface area contributed by atoms with Crippen LogP contribution in [0.3, 0.4) is 0 Å². The molecule has 0 saturated carbocycles. The summed E-state index contributed by atoms with van der Waals surface area (Å²) in [5.74, 6) is 0. The minimum Gasteiger partial charge on any atom is -0.446 e. The van der Waals surface area contributed by atoms with Gasteiger partial charge in [0.15, 0.2) is 0 Å². The van der Waals surface area contributed by atoms with Crippen molar-refractivity contribution in [3.63, 3.8) is 0 Å². The molecule has 1 aromatic carbocycles. The summed E-state index contributed by atoms with van der Waals surface area (Å²) in [4.78, 5) is 13.5. The SMILES string of the molecule is NCCC1CCN(CCc2ccccc2)C(=O)O1. The Balaban J connectivity index is 1.79. The second-order valence-corrected chi connectivity index (χ2v) is 4.59. The zero-order valence-corrected chi connectivity index (χ0v) is 10.5. The third-order valence-corrected chi connectivity index (χ3v) is 3.25. The summed E-state index contributed by atoms with van der Waals surface area (Å²) < 4.78 is 5.33. The van der Waals surface area contributed by atoms with E-state index in [0.717, 1.165) is 32.4 Å². The summed E-state index contributed by atoms with van der Waals surface area (Å²) in [5, 5.41) is 0. The third-order valence-electron chi connectivity index (χ3n) is 3.25. The number of nitrogens with zero attached hydrogens (tertiary/aromatic N) is 1. The van der Waals surface area contributed by atoms with Gasteiger partial charge in [-0.15, -0.1) is 0 Å². The summed E-state index contributed by atoms with van der Waals surface area (Å²) >= 11 is 0. The molecule has 1 aliphatic rings. The summed E-state index contributed by atoms with van der Waals surface area (Å²) in [6.07, 6.45) is 2.33. The Morgan fingerprint density at radius 2 is 2.11 bits per heavy atom. The van der Waals surface area contributed by atoms with Crippen LogP contribution in [0.2, 0.25) is 0 Å². The Morgan fingerprint density at radius 3 is 2.78 bits per heavy atom. The lowest BCUT2D eigenvalue weighted by Crippen LogP contribution is -2.43. The molecule has 0 aromatic heterocycles. The standard InChI is InChI=1S/C14H20N2O2/c15-9-6-13-8-11-16(14(17)18-13)10-7-12-4-2-1-3-5-12/h1-5,13H,6-11,15H2. The van der Waals surface area contributed by atoms with Gasteiger partial charge in [-0.3, -0.25) is 0 Å². The monoisotopic (exact) mass is 248 g/mol. The molecule has 4 nitrogen and oxygen atoms in total. The molecule has 2 rings (SSSR count). The molecule has 1 aromatic rings. The van der Waals surface area contributed by atoms with Crippen LogP contribution in [0.15, 0.2) is 30.3 Å². The Hall–Kier alpha value is -1.55. The number of benzene rings is 1. The van der Waals surface area contributed by atoms with Crippen molar-refractivity contribution in [2.45, 2.75) is 25.4 Å². The topological polar surface area (TPSA) is 55.6 Å². The number of cyclic esters (lactones) is 1. The molecule has 1 aliphatic heterocycles. The minimum atomic E-state index is -0.198. The van der Waals surface area contributed by atoms with Crippen molar-refractivity contribution in [2.75, 3.05) is 19.6 Å². The van der Waals surface area contributed by atoms with Crippen LogP contribution in [0.1, 0.15) is 18.4 Å². The van der Waals surface area contributed by atoms with Crippen LogP contribution in [-0.2, 0) is 11.2 Å². The maximum absolute atomic E-state index is 11.8. The molecule has 18 heavy (non-hydrogen) atoms. The van der Waals surface area contributed by atoms with E-state index < -0.39 is 0 Å². The van der Waals surface area contributed by atoms with Crippen LogP contribution >= 0.6 is 0 Å². The van der Waals surface area contributed by atoms with Gasteiger partial charge in [0, 0.05) is 19.5 Å². The van der Waals surface area contributed by atoms with Crippen molar-refractivity contribution in [3.8, 4) is 0 Å². The first-order valence-electron chi connectivity index (χ1n) is 6.49. The molecule has 1 atom stereocenters. The largest absolute Gasteiger partial charge is 0.446 e. The van der Waals surface area contributed by atoms with E-state index in [-0.39, 0.29) is 12.2 Å². The molecular formula is C14H20N2O2. The lowest BCUT2D eigenvalue weighted by molar-refractivity contribution is 0.0230. The van der Waals surface area contributed by atoms with Gasteiger partial charge in [0.05, 0.1) is 0 Å². The molecule has 4 heteroatoms. The van der Waals surface area contributed by atoms with Crippen LogP contribution in [0, 0.1) is 0 Å². The molecule has 1 unspecified atom stereocenters. The van der Waals surface area contributed by atoms with E-state index in [1.807, 2.05) is 18.2 Å². The van der Waals surface area contributed by atoms with Crippen molar-refractivity contribution in [1.82, 2.24) is 4.90 Å². The van der Waals surface area contributed by atoms with Gasteiger partial charge in [-0.1, -0.05) is 30.3 Å². The number of nitrogens with two attached hydrogens (primary N) is 1. The number of hydrogen-bond donors (Lipinski definition) is 1. The van der Waals surface area contributed by atoms with E-state index in [4.69, 9.17) is 10.5 Å². The molecule has 0 aliphatic carbocycles. The summed E-state index contributed by atoms with van der Waals surface area (Å²) in [7, 11) is 0. The molecule has 1 amide bonds. The fourth-order valence-electron chi connectivity index (χ4n) is 2.17. The second-order valence-electron chi connectivity index (χ2n) is 4.59. The van der Waals surface area contributed by atoms with E-state index in [9.17, 15) is 4.79 Å². The lowest BCUT2D eigenvalue weighted by Gasteiger charge is -2.31. The maximum atomic E-state index is 11.8. The first kappa shape index (κ1) is 12.9. The zero-order chi connectivity index (χ0) is 12.8. The maximum Gasteiger partial charge on any atom is 0.410 e. The molecule has 1 fully saturated rings. The average molecular weight is 248 g/mol. The van der Waals surface area contributed by atoms with Gasteiger partial charge in [-0.05, 0) is 24.9 Å². The van der Waals surface area contributed by atoms with E-state index in [2.05, 4.69) is 12.1 Å². The van der Waals surface area contributed by atoms with Gasteiger partial charge in [0.2, 0.25) is 0 Å². The average Bonchev–Trinajstić information content (AvgIpc) is 2.39. The highest BCUT2D eigenvalue weighted by atomic mass is 16.6. The molecular weight excluding hydrogens is 228 g/mol. The number of carbonyl (C=O) groups excluding carboxylic acids is 1. The molecule has 1 heterocycles. The van der Waals surface area contributed by atoms with Gasteiger partial charge < -0.3 is 15.4 Å². The van der Waals surface area contributed by atoms with Crippen molar-refractivity contribution in [1.29, 1.82) is 0 Å². The first-order chi connectivity index (χ1) is 8.79. The van der Waals surface area contributed by atoms with Crippen molar-refractivity contribution < 1.29 is 9.53 Å². The van der Waals surface area contributed by atoms with Crippen LogP contribution in [0.4, 0.5) is 4.79 Å². The summed E-state index contributed by atoms with van der Waals surface area (Å²) in [5.41, 5.74) is 6.71. The fraction of sp³-hybridized carbons (Fsp3) is 0.500. The number of carbonyl (C=O) groups is 1. The van der Waals surface area contributed by atoms with Gasteiger partial charge in [-0.2, -0.15) is 0 Å². The first-order valence-corrected chi connectivity index (χ1v) is 6.49.